The lowest BCUT2D eigenvalue weighted by Gasteiger charge is -2.13. The number of benzene rings is 1. The number of ether oxygens (including phenoxy) is 2. The van der Waals surface area contributed by atoms with E-state index in [2.05, 4.69) is 25.7 Å². The van der Waals surface area contributed by atoms with Gasteiger partial charge in [-0.2, -0.15) is 0 Å². The molecule has 100 valence electrons. The Labute approximate surface area is 110 Å². The lowest BCUT2D eigenvalue weighted by Crippen LogP contribution is -2.19. The molecule has 0 aliphatic carbocycles. The zero-order valence-electron chi connectivity index (χ0n) is 11.5. The van der Waals surface area contributed by atoms with Crippen LogP contribution in [0.15, 0.2) is 30.9 Å². The maximum Gasteiger partial charge on any atom is 0.127 e. The molecule has 3 heteroatoms. The van der Waals surface area contributed by atoms with Crippen LogP contribution in [0.2, 0.25) is 0 Å². The third-order valence-corrected chi connectivity index (χ3v) is 2.50. The minimum absolute atomic E-state index is 0.504. The topological polar surface area (TPSA) is 30.5 Å². The number of rotatable bonds is 8. The van der Waals surface area contributed by atoms with Gasteiger partial charge in [-0.25, -0.2) is 0 Å². The molecule has 0 aliphatic rings. The minimum atomic E-state index is 0.504. The molecule has 0 aromatic heterocycles. The minimum Gasteiger partial charge on any atom is -0.497 e. The largest absolute Gasteiger partial charge is 0.497 e. The van der Waals surface area contributed by atoms with Gasteiger partial charge in [0, 0.05) is 18.2 Å². The highest BCUT2D eigenvalue weighted by Crippen LogP contribution is 2.24. The quantitative estimate of drug-likeness (QED) is 0.718. The van der Waals surface area contributed by atoms with Gasteiger partial charge >= 0.3 is 0 Å². The van der Waals surface area contributed by atoms with Crippen molar-refractivity contribution < 1.29 is 9.47 Å². The molecular formula is C15H23NO2. The lowest BCUT2D eigenvalue weighted by molar-refractivity contribution is 0.351. The van der Waals surface area contributed by atoms with Crippen LogP contribution in [-0.4, -0.2) is 20.3 Å². The van der Waals surface area contributed by atoms with Crippen LogP contribution in [0.3, 0.4) is 0 Å². The summed E-state index contributed by atoms with van der Waals surface area (Å²) in [5, 5.41) is 3.41. The van der Waals surface area contributed by atoms with Gasteiger partial charge in [0.25, 0.3) is 0 Å². The van der Waals surface area contributed by atoms with E-state index in [0.29, 0.717) is 12.5 Å². The van der Waals surface area contributed by atoms with Gasteiger partial charge in [-0.1, -0.05) is 32.6 Å². The van der Waals surface area contributed by atoms with Crippen LogP contribution in [0.5, 0.6) is 11.5 Å². The molecule has 1 rings (SSSR count). The summed E-state index contributed by atoms with van der Waals surface area (Å²) in [6.45, 7) is 10.3. The van der Waals surface area contributed by atoms with E-state index in [1.165, 1.54) is 0 Å². The van der Waals surface area contributed by atoms with E-state index in [9.17, 15) is 0 Å². The van der Waals surface area contributed by atoms with Gasteiger partial charge in [-0.05, 0) is 18.5 Å². The monoisotopic (exact) mass is 249 g/mol. The predicted octanol–water partition coefficient (Wildman–Crippen LogP) is 3.01. The molecule has 0 radical (unpaired) electrons. The predicted molar refractivity (Wildman–Crippen MR) is 75.2 cm³/mol. The van der Waals surface area contributed by atoms with E-state index >= 15 is 0 Å². The van der Waals surface area contributed by atoms with Gasteiger partial charge in [-0.15, -0.1) is 0 Å². The van der Waals surface area contributed by atoms with Crippen LogP contribution in [-0.2, 0) is 6.54 Å². The number of hydrogen-bond donors (Lipinski definition) is 1. The van der Waals surface area contributed by atoms with Crippen molar-refractivity contribution >= 4 is 0 Å². The van der Waals surface area contributed by atoms with Gasteiger partial charge < -0.3 is 14.8 Å². The zero-order valence-corrected chi connectivity index (χ0v) is 11.5. The van der Waals surface area contributed by atoms with E-state index in [1.807, 2.05) is 18.2 Å². The van der Waals surface area contributed by atoms with Gasteiger partial charge in [0.05, 0.1) is 7.11 Å². The highest BCUT2D eigenvalue weighted by molar-refractivity contribution is 5.40. The first-order valence-electron chi connectivity index (χ1n) is 6.28. The van der Waals surface area contributed by atoms with Crippen LogP contribution < -0.4 is 14.8 Å². The van der Waals surface area contributed by atoms with Crippen molar-refractivity contribution in [3.63, 3.8) is 0 Å². The summed E-state index contributed by atoms with van der Waals surface area (Å²) in [4.78, 5) is 0. The Balaban J connectivity index is 2.71. The fourth-order valence-corrected chi connectivity index (χ4v) is 1.59. The summed E-state index contributed by atoms with van der Waals surface area (Å²) in [5.41, 5.74) is 1.14. The Hall–Kier alpha value is -1.48. The molecule has 3 nitrogen and oxygen atoms in total. The average molecular weight is 249 g/mol. The molecular weight excluding hydrogens is 226 g/mol. The van der Waals surface area contributed by atoms with Crippen molar-refractivity contribution in [2.75, 3.05) is 20.3 Å². The molecule has 0 bridgehead atoms. The van der Waals surface area contributed by atoms with E-state index in [4.69, 9.17) is 9.47 Å². The Morgan fingerprint density at radius 1 is 1.39 bits per heavy atom. The van der Waals surface area contributed by atoms with Crippen molar-refractivity contribution in [1.82, 2.24) is 5.32 Å². The molecule has 0 saturated heterocycles. The SMILES string of the molecule is C=CCOc1cc(OC)ccc1CNCC(C)C. The van der Waals surface area contributed by atoms with Crippen LogP contribution in [0.25, 0.3) is 0 Å². The smallest absolute Gasteiger partial charge is 0.127 e. The first-order valence-corrected chi connectivity index (χ1v) is 6.28. The maximum atomic E-state index is 5.65. The average Bonchev–Trinajstić information content (AvgIpc) is 2.36. The molecule has 18 heavy (non-hydrogen) atoms. The van der Waals surface area contributed by atoms with E-state index in [1.54, 1.807) is 13.2 Å². The highest BCUT2D eigenvalue weighted by Gasteiger charge is 2.05. The summed E-state index contributed by atoms with van der Waals surface area (Å²) in [6, 6.07) is 5.90. The Kier molecular flexibility index (Phi) is 6.29. The summed E-state index contributed by atoms with van der Waals surface area (Å²) in [5.74, 6) is 2.30. The molecule has 1 aromatic carbocycles. The third kappa shape index (κ3) is 4.80. The fourth-order valence-electron chi connectivity index (χ4n) is 1.59. The van der Waals surface area contributed by atoms with Crippen LogP contribution in [0, 0.1) is 5.92 Å². The Morgan fingerprint density at radius 3 is 2.78 bits per heavy atom. The van der Waals surface area contributed by atoms with Gasteiger partial charge in [-0.3, -0.25) is 0 Å². The molecule has 0 heterocycles. The molecule has 1 aromatic rings. The van der Waals surface area contributed by atoms with E-state index in [0.717, 1.165) is 30.2 Å². The van der Waals surface area contributed by atoms with Gasteiger partial charge in [0.1, 0.15) is 18.1 Å². The number of hydrogen-bond acceptors (Lipinski definition) is 3. The second-order valence-electron chi connectivity index (χ2n) is 4.60. The van der Waals surface area contributed by atoms with Crippen molar-refractivity contribution in [2.45, 2.75) is 20.4 Å². The van der Waals surface area contributed by atoms with Crippen LogP contribution in [0.1, 0.15) is 19.4 Å². The standard InChI is InChI=1S/C15H23NO2/c1-5-8-18-15-9-14(17-4)7-6-13(15)11-16-10-12(2)3/h5-7,9,12,16H,1,8,10-11H2,2-4H3. The lowest BCUT2D eigenvalue weighted by atomic mass is 10.1. The summed E-state index contributed by atoms with van der Waals surface area (Å²) in [7, 11) is 1.66. The molecule has 0 spiro atoms. The van der Waals surface area contributed by atoms with Crippen molar-refractivity contribution in [1.29, 1.82) is 0 Å². The second kappa shape index (κ2) is 7.77. The molecule has 1 N–H and O–H groups in total. The third-order valence-electron chi connectivity index (χ3n) is 2.50. The van der Waals surface area contributed by atoms with Gasteiger partial charge in [0.2, 0.25) is 0 Å². The summed E-state index contributed by atoms with van der Waals surface area (Å²) in [6.07, 6.45) is 1.74. The van der Waals surface area contributed by atoms with E-state index in [-0.39, 0.29) is 0 Å². The molecule has 0 saturated carbocycles. The van der Waals surface area contributed by atoms with Crippen molar-refractivity contribution in [3.05, 3.63) is 36.4 Å². The Bertz CT molecular complexity index is 375. The number of nitrogens with one attached hydrogen (secondary N) is 1. The fraction of sp³-hybridized carbons (Fsp3) is 0.467. The molecule has 0 amide bonds. The number of methoxy groups -OCH3 is 1. The molecule has 0 fully saturated rings. The summed E-state index contributed by atoms with van der Waals surface area (Å²) >= 11 is 0. The van der Waals surface area contributed by atoms with Crippen molar-refractivity contribution in [3.8, 4) is 11.5 Å². The highest BCUT2D eigenvalue weighted by atomic mass is 16.5. The first-order chi connectivity index (χ1) is 8.67. The van der Waals surface area contributed by atoms with E-state index < -0.39 is 0 Å². The molecule has 0 unspecified atom stereocenters. The Morgan fingerprint density at radius 2 is 2.17 bits per heavy atom. The van der Waals surface area contributed by atoms with Crippen LogP contribution in [0.4, 0.5) is 0 Å². The maximum absolute atomic E-state index is 5.65. The van der Waals surface area contributed by atoms with Crippen LogP contribution >= 0.6 is 0 Å². The van der Waals surface area contributed by atoms with Crippen molar-refractivity contribution in [2.24, 2.45) is 5.92 Å². The zero-order chi connectivity index (χ0) is 13.4. The molecule has 0 atom stereocenters. The van der Waals surface area contributed by atoms with Gasteiger partial charge in [0.15, 0.2) is 0 Å². The summed E-state index contributed by atoms with van der Waals surface area (Å²) < 4.78 is 10.9. The normalized spacial score (nSPS) is 10.4. The molecule has 0 aliphatic heterocycles. The second-order valence-corrected chi connectivity index (χ2v) is 4.60. The first kappa shape index (κ1) is 14.6.